The number of methoxy groups -OCH3 is 1. The van der Waals surface area contributed by atoms with Crippen LogP contribution in [-0.2, 0) is 20.7 Å². The van der Waals surface area contributed by atoms with Gasteiger partial charge in [0.15, 0.2) is 11.5 Å². The number of phenolic OH excluding ortho intramolecular Hbond substituents is 1. The van der Waals surface area contributed by atoms with Gasteiger partial charge in [-0.1, -0.05) is 55.5 Å². The van der Waals surface area contributed by atoms with Crippen LogP contribution in [0.1, 0.15) is 73.1 Å². The van der Waals surface area contributed by atoms with Crippen LogP contribution in [0, 0.1) is 17.3 Å². The van der Waals surface area contributed by atoms with Crippen LogP contribution in [0.25, 0.3) is 11.1 Å². The zero-order valence-corrected chi connectivity index (χ0v) is 24.8. The molecular weight excluding hydrogens is 542 g/mol. The molecule has 0 bridgehead atoms. The van der Waals surface area contributed by atoms with Gasteiger partial charge in [-0.05, 0) is 102 Å². The lowest BCUT2D eigenvalue weighted by atomic mass is 9.55. The van der Waals surface area contributed by atoms with E-state index >= 15 is 0 Å². The van der Waals surface area contributed by atoms with Gasteiger partial charge in [-0.3, -0.25) is 4.79 Å². The van der Waals surface area contributed by atoms with Gasteiger partial charge in [0.25, 0.3) is 0 Å². The third-order valence-electron chi connectivity index (χ3n) is 10.9. The molecule has 3 aromatic carbocycles. The van der Waals surface area contributed by atoms with Crippen LogP contribution in [0.4, 0.5) is 4.79 Å². The summed E-state index contributed by atoms with van der Waals surface area (Å²) in [6.07, 6.45) is 5.10. The topological polar surface area (TPSA) is 94.1 Å². The van der Waals surface area contributed by atoms with E-state index < -0.39 is 12.1 Å². The van der Waals surface area contributed by atoms with Crippen LogP contribution in [0.3, 0.4) is 0 Å². The summed E-state index contributed by atoms with van der Waals surface area (Å²) in [5.74, 6) is 1.71. The van der Waals surface area contributed by atoms with Crippen molar-refractivity contribution in [3.05, 3.63) is 82.9 Å². The molecule has 2 saturated carbocycles. The summed E-state index contributed by atoms with van der Waals surface area (Å²) in [6.45, 7) is 2.27. The molecule has 5 atom stereocenters. The van der Waals surface area contributed by atoms with Gasteiger partial charge in [-0.25, -0.2) is 4.79 Å². The maximum absolute atomic E-state index is 12.9. The molecule has 3 unspecified atom stereocenters. The van der Waals surface area contributed by atoms with Crippen molar-refractivity contribution in [3.63, 3.8) is 0 Å². The first-order valence-electron chi connectivity index (χ1n) is 15.6. The van der Waals surface area contributed by atoms with Crippen molar-refractivity contribution in [1.29, 1.82) is 0 Å². The molecule has 0 heterocycles. The summed E-state index contributed by atoms with van der Waals surface area (Å²) < 4.78 is 17.1. The number of phenols is 1. The highest BCUT2D eigenvalue weighted by molar-refractivity contribution is 5.80. The van der Waals surface area contributed by atoms with E-state index in [2.05, 4.69) is 36.5 Å². The molecule has 1 amide bonds. The molecule has 224 valence electrons. The molecule has 3 aromatic rings. The number of fused-ring (bicyclic) bond motifs is 8. The van der Waals surface area contributed by atoms with Gasteiger partial charge < -0.3 is 24.6 Å². The second-order valence-electron chi connectivity index (χ2n) is 12.9. The smallest absolute Gasteiger partial charge is 0.407 e. The Morgan fingerprint density at radius 3 is 2.40 bits per heavy atom. The third-order valence-corrected chi connectivity index (χ3v) is 10.9. The highest BCUT2D eigenvalue weighted by Gasteiger charge is 2.56. The Labute approximate surface area is 252 Å². The van der Waals surface area contributed by atoms with Gasteiger partial charge in [0.05, 0.1) is 7.11 Å². The Balaban J connectivity index is 0.942. The number of esters is 1. The van der Waals surface area contributed by atoms with E-state index in [9.17, 15) is 14.7 Å². The summed E-state index contributed by atoms with van der Waals surface area (Å²) in [6, 6.07) is 20.3. The Kier molecular flexibility index (Phi) is 7.07. The van der Waals surface area contributed by atoms with Crippen molar-refractivity contribution in [2.45, 2.75) is 63.4 Å². The molecule has 43 heavy (non-hydrogen) atoms. The van der Waals surface area contributed by atoms with E-state index in [-0.39, 0.29) is 36.3 Å². The minimum atomic E-state index is -0.614. The number of carbonyl (C=O) groups is 2. The van der Waals surface area contributed by atoms with Gasteiger partial charge >= 0.3 is 12.1 Å². The summed E-state index contributed by atoms with van der Waals surface area (Å²) in [4.78, 5) is 25.5. The molecule has 0 aromatic heterocycles. The van der Waals surface area contributed by atoms with Crippen molar-refractivity contribution in [2.24, 2.45) is 17.3 Å². The number of amides is 1. The standard InChI is InChI=1S/C36H39NO6/c1-36-16-15-26-27(12-11-21-17-31(38)32(41-2)18-28(21)26)30(36)13-14-33(36)43-34(39)19-37-35(40)42-20-29-24-9-5-3-7-22(24)23-8-4-6-10-25(23)29/h3-10,17-18,26-27,29-30,33,38H,11-16,19-20H2,1-2H3,(H,37,40)/t26?,27?,30?,33-,36-/m0/s1. The van der Waals surface area contributed by atoms with E-state index in [1.165, 1.54) is 22.3 Å². The van der Waals surface area contributed by atoms with Crippen LogP contribution in [-0.4, -0.2) is 43.5 Å². The van der Waals surface area contributed by atoms with E-state index in [4.69, 9.17) is 14.2 Å². The monoisotopic (exact) mass is 581 g/mol. The largest absolute Gasteiger partial charge is 0.504 e. The molecule has 0 spiro atoms. The minimum absolute atomic E-state index is 0.0332. The molecule has 2 N–H and O–H groups in total. The molecule has 7 nitrogen and oxygen atoms in total. The maximum Gasteiger partial charge on any atom is 0.407 e. The highest BCUT2D eigenvalue weighted by Crippen LogP contribution is 2.62. The molecular formula is C36H39NO6. The van der Waals surface area contributed by atoms with Gasteiger partial charge in [0.2, 0.25) is 0 Å². The Morgan fingerprint density at radius 1 is 0.953 bits per heavy atom. The zero-order chi connectivity index (χ0) is 29.7. The fourth-order valence-corrected chi connectivity index (χ4v) is 8.89. The first kappa shape index (κ1) is 27.8. The molecule has 0 aliphatic heterocycles. The average Bonchev–Trinajstić information content (AvgIpc) is 3.52. The fourth-order valence-electron chi connectivity index (χ4n) is 8.89. The number of aromatic hydroxyl groups is 1. The van der Waals surface area contributed by atoms with Crippen LogP contribution in [0.15, 0.2) is 60.7 Å². The van der Waals surface area contributed by atoms with Crippen molar-refractivity contribution in [2.75, 3.05) is 20.3 Å². The summed E-state index contributed by atoms with van der Waals surface area (Å²) in [5.41, 5.74) is 7.08. The number of hydrogen-bond donors (Lipinski definition) is 2. The Hall–Kier alpha value is -4.00. The minimum Gasteiger partial charge on any atom is -0.504 e. The lowest BCUT2D eigenvalue weighted by Gasteiger charge is -2.50. The first-order chi connectivity index (χ1) is 20.9. The van der Waals surface area contributed by atoms with E-state index in [0.29, 0.717) is 23.5 Å². The zero-order valence-electron chi connectivity index (χ0n) is 24.8. The molecule has 2 fully saturated rings. The number of alkyl carbamates (subject to hydrolysis) is 1. The number of ether oxygens (including phenoxy) is 3. The Morgan fingerprint density at radius 2 is 1.67 bits per heavy atom. The summed E-state index contributed by atoms with van der Waals surface area (Å²) >= 11 is 0. The van der Waals surface area contributed by atoms with Crippen LogP contribution in [0.2, 0.25) is 0 Å². The van der Waals surface area contributed by atoms with Crippen LogP contribution >= 0.6 is 0 Å². The predicted molar refractivity (Wildman–Crippen MR) is 162 cm³/mol. The number of benzene rings is 3. The van der Waals surface area contributed by atoms with Gasteiger partial charge in [-0.2, -0.15) is 0 Å². The van der Waals surface area contributed by atoms with Crippen molar-refractivity contribution in [1.82, 2.24) is 5.32 Å². The molecule has 7 rings (SSSR count). The number of aryl methyl sites for hydroxylation is 1. The fraction of sp³-hybridized carbons (Fsp3) is 0.444. The second-order valence-corrected chi connectivity index (χ2v) is 12.9. The number of hydrogen-bond acceptors (Lipinski definition) is 6. The van der Waals surface area contributed by atoms with Crippen LogP contribution < -0.4 is 10.1 Å². The van der Waals surface area contributed by atoms with Crippen molar-refractivity contribution in [3.8, 4) is 22.6 Å². The maximum atomic E-state index is 12.9. The summed E-state index contributed by atoms with van der Waals surface area (Å²) in [5, 5.41) is 12.9. The lowest BCUT2D eigenvalue weighted by Crippen LogP contribution is -2.46. The molecule has 7 heteroatoms. The predicted octanol–water partition coefficient (Wildman–Crippen LogP) is 6.71. The molecule has 0 saturated heterocycles. The third kappa shape index (κ3) is 4.73. The van der Waals surface area contributed by atoms with Gasteiger partial charge in [0, 0.05) is 11.3 Å². The van der Waals surface area contributed by atoms with Crippen LogP contribution in [0.5, 0.6) is 11.5 Å². The molecule has 4 aliphatic carbocycles. The Bertz CT molecular complexity index is 1520. The van der Waals surface area contributed by atoms with Crippen molar-refractivity contribution >= 4 is 12.1 Å². The SMILES string of the molecule is COc1cc2c(cc1O)CCC1C2CC[C@@]2(C)C1CC[C@@H]2OC(=O)CNC(=O)OCC1c2ccccc2-c2ccccc21. The first-order valence-corrected chi connectivity index (χ1v) is 15.6. The van der Waals surface area contributed by atoms with E-state index in [1.807, 2.05) is 36.4 Å². The van der Waals surface area contributed by atoms with E-state index in [0.717, 1.165) is 49.7 Å². The van der Waals surface area contributed by atoms with Crippen molar-refractivity contribution < 1.29 is 28.9 Å². The second kappa shape index (κ2) is 10.9. The van der Waals surface area contributed by atoms with E-state index in [1.54, 1.807) is 7.11 Å². The normalized spacial score (nSPS) is 26.7. The molecule has 4 aliphatic rings. The molecule has 0 radical (unpaired) electrons. The average molecular weight is 582 g/mol. The quantitative estimate of drug-likeness (QED) is 0.315. The summed E-state index contributed by atoms with van der Waals surface area (Å²) in [7, 11) is 1.60. The van der Waals surface area contributed by atoms with Gasteiger partial charge in [-0.15, -0.1) is 0 Å². The number of carbonyl (C=O) groups excluding carboxylic acids is 2. The van der Waals surface area contributed by atoms with Gasteiger partial charge in [0.1, 0.15) is 19.3 Å². The number of rotatable bonds is 6. The number of nitrogens with one attached hydrogen (secondary N) is 1. The lowest BCUT2D eigenvalue weighted by molar-refractivity contribution is -0.156. The highest BCUT2D eigenvalue weighted by atomic mass is 16.6.